The van der Waals surface area contributed by atoms with E-state index < -0.39 is 5.97 Å². The molecule has 1 aromatic carbocycles. The number of benzene rings is 1. The third-order valence-electron chi connectivity index (χ3n) is 3.58. The summed E-state index contributed by atoms with van der Waals surface area (Å²) in [7, 11) is 2.96. The van der Waals surface area contributed by atoms with Crippen molar-refractivity contribution in [1.29, 1.82) is 0 Å². The minimum absolute atomic E-state index is 0.201. The second-order valence-electron chi connectivity index (χ2n) is 5.45. The Morgan fingerprint density at radius 3 is 2.68 bits per heavy atom. The van der Waals surface area contributed by atoms with Crippen molar-refractivity contribution in [2.75, 3.05) is 40.6 Å². The van der Waals surface area contributed by atoms with E-state index in [1.165, 1.54) is 14.2 Å². The number of nitrogens with zero attached hydrogens (tertiary/aromatic N) is 1. The maximum absolute atomic E-state index is 12.4. The maximum atomic E-state index is 12.4. The molecule has 8 nitrogen and oxygen atoms in total. The molecule has 0 aromatic heterocycles. The zero-order valence-corrected chi connectivity index (χ0v) is 18.1. The minimum atomic E-state index is -0.495. The van der Waals surface area contributed by atoms with E-state index in [9.17, 15) is 14.4 Å². The summed E-state index contributed by atoms with van der Waals surface area (Å²) < 4.78 is 21.1. The van der Waals surface area contributed by atoms with Crippen molar-refractivity contribution in [2.45, 2.75) is 6.92 Å². The smallest absolute Gasteiger partial charge is 0.344 e. The molecule has 0 saturated carbocycles. The van der Waals surface area contributed by atoms with Gasteiger partial charge in [0, 0.05) is 7.11 Å². The Balaban J connectivity index is 2.22. The molecule has 1 fully saturated rings. The molecule has 1 aromatic rings. The number of methoxy groups -OCH3 is 2. The number of esters is 1. The van der Waals surface area contributed by atoms with Crippen LogP contribution < -0.4 is 9.47 Å². The molecule has 2 amide bonds. The van der Waals surface area contributed by atoms with Crippen molar-refractivity contribution in [3.8, 4) is 11.5 Å². The van der Waals surface area contributed by atoms with Gasteiger partial charge in [0.15, 0.2) is 18.1 Å². The second-order valence-corrected chi connectivity index (χ2v) is 7.30. The zero-order chi connectivity index (χ0) is 20.7. The summed E-state index contributed by atoms with van der Waals surface area (Å²) in [6.45, 7) is 2.18. The van der Waals surface area contributed by atoms with Gasteiger partial charge in [0.25, 0.3) is 11.1 Å². The van der Waals surface area contributed by atoms with Crippen LogP contribution in [-0.2, 0) is 19.1 Å². The van der Waals surface area contributed by atoms with Crippen molar-refractivity contribution in [1.82, 2.24) is 4.90 Å². The minimum Gasteiger partial charge on any atom is -0.493 e. The molecule has 0 N–H and O–H groups in total. The molecule has 1 aliphatic heterocycles. The van der Waals surface area contributed by atoms with E-state index in [4.69, 9.17) is 18.9 Å². The molecule has 0 atom stereocenters. The van der Waals surface area contributed by atoms with Crippen molar-refractivity contribution in [3.63, 3.8) is 0 Å². The van der Waals surface area contributed by atoms with Crippen molar-refractivity contribution >= 4 is 50.9 Å². The average Bonchev–Trinajstić information content (AvgIpc) is 2.92. The van der Waals surface area contributed by atoms with Crippen LogP contribution in [0.25, 0.3) is 6.08 Å². The van der Waals surface area contributed by atoms with Gasteiger partial charge in [-0.25, -0.2) is 4.79 Å². The molecule has 1 heterocycles. The van der Waals surface area contributed by atoms with Crippen LogP contribution in [0.2, 0.25) is 0 Å². The summed E-state index contributed by atoms with van der Waals surface area (Å²) in [6.07, 6.45) is 1.60. The lowest BCUT2D eigenvalue weighted by atomic mass is 10.2. The van der Waals surface area contributed by atoms with Crippen LogP contribution in [0.5, 0.6) is 11.5 Å². The first-order valence-electron chi connectivity index (χ1n) is 8.31. The first-order chi connectivity index (χ1) is 13.4. The van der Waals surface area contributed by atoms with E-state index in [2.05, 4.69) is 15.9 Å². The molecule has 0 unspecified atom stereocenters. The fourth-order valence-corrected chi connectivity index (χ4v) is 3.76. The van der Waals surface area contributed by atoms with Gasteiger partial charge in [-0.1, -0.05) is 0 Å². The summed E-state index contributed by atoms with van der Waals surface area (Å²) in [4.78, 5) is 37.4. The standard InChI is InChI=1S/C18H20BrNO7S/c1-4-26-15(21)10-27-16-12(19)7-11(8-13(16)25-3)9-14-17(22)20(5-6-24-2)18(23)28-14/h7-9H,4-6,10H2,1-3H3/b14-9+. The second kappa shape index (κ2) is 10.5. The Bertz CT molecular complexity index is 796. The SMILES string of the molecule is CCOC(=O)COc1c(Br)cc(/C=C2/SC(=O)N(CCOC)C2=O)cc1OC. The number of hydrogen-bond acceptors (Lipinski definition) is 8. The van der Waals surface area contributed by atoms with Crippen LogP contribution >= 0.6 is 27.7 Å². The summed E-state index contributed by atoms with van der Waals surface area (Å²) in [6, 6.07) is 3.35. The molecular formula is C18H20BrNO7S. The third kappa shape index (κ3) is 5.49. The quantitative estimate of drug-likeness (QED) is 0.399. The third-order valence-corrected chi connectivity index (χ3v) is 5.08. The van der Waals surface area contributed by atoms with Gasteiger partial charge in [-0.2, -0.15) is 0 Å². The van der Waals surface area contributed by atoms with E-state index in [-0.39, 0.29) is 37.5 Å². The lowest BCUT2D eigenvalue weighted by Gasteiger charge is -2.13. The molecule has 0 spiro atoms. The lowest BCUT2D eigenvalue weighted by molar-refractivity contribution is -0.145. The molecule has 0 aliphatic carbocycles. The van der Waals surface area contributed by atoms with E-state index in [1.54, 1.807) is 25.1 Å². The molecule has 10 heteroatoms. The average molecular weight is 474 g/mol. The highest BCUT2D eigenvalue weighted by molar-refractivity contribution is 9.10. The fraction of sp³-hybridized carbons (Fsp3) is 0.389. The van der Waals surface area contributed by atoms with Crippen LogP contribution in [-0.4, -0.2) is 62.6 Å². The van der Waals surface area contributed by atoms with E-state index >= 15 is 0 Å². The van der Waals surface area contributed by atoms with Crippen LogP contribution in [0.15, 0.2) is 21.5 Å². The van der Waals surface area contributed by atoms with Crippen molar-refractivity contribution in [2.24, 2.45) is 0 Å². The predicted molar refractivity (Wildman–Crippen MR) is 107 cm³/mol. The highest BCUT2D eigenvalue weighted by atomic mass is 79.9. The predicted octanol–water partition coefficient (Wildman–Crippen LogP) is 3.08. The Morgan fingerprint density at radius 1 is 1.29 bits per heavy atom. The molecular weight excluding hydrogens is 454 g/mol. The normalized spacial score (nSPS) is 15.3. The maximum Gasteiger partial charge on any atom is 0.344 e. The Labute approximate surface area is 175 Å². The fourth-order valence-electron chi connectivity index (χ4n) is 2.32. The number of ether oxygens (including phenoxy) is 4. The number of amides is 2. The number of carbonyl (C=O) groups excluding carboxylic acids is 3. The monoisotopic (exact) mass is 473 g/mol. The topological polar surface area (TPSA) is 91.4 Å². The zero-order valence-electron chi connectivity index (χ0n) is 15.7. The Kier molecular flexibility index (Phi) is 8.34. The van der Waals surface area contributed by atoms with Gasteiger partial charge in [-0.3, -0.25) is 14.5 Å². The number of thioether (sulfide) groups is 1. The molecule has 0 bridgehead atoms. The highest BCUT2D eigenvalue weighted by Gasteiger charge is 2.34. The number of carbonyl (C=O) groups is 3. The van der Waals surface area contributed by atoms with E-state index in [0.29, 0.717) is 26.4 Å². The van der Waals surface area contributed by atoms with Crippen LogP contribution in [0, 0.1) is 0 Å². The van der Waals surface area contributed by atoms with Gasteiger partial charge in [-0.05, 0) is 58.4 Å². The number of halogens is 1. The highest BCUT2D eigenvalue weighted by Crippen LogP contribution is 2.39. The lowest BCUT2D eigenvalue weighted by Crippen LogP contribution is -2.31. The van der Waals surface area contributed by atoms with Gasteiger partial charge in [0.1, 0.15) is 0 Å². The molecule has 1 aliphatic rings. The first kappa shape index (κ1) is 22.3. The van der Waals surface area contributed by atoms with E-state index in [0.717, 1.165) is 16.7 Å². The number of hydrogen-bond donors (Lipinski definition) is 0. The molecule has 1 saturated heterocycles. The molecule has 2 rings (SSSR count). The van der Waals surface area contributed by atoms with Gasteiger partial charge in [-0.15, -0.1) is 0 Å². The molecule has 152 valence electrons. The molecule has 0 radical (unpaired) electrons. The Hall–Kier alpha value is -2.04. The summed E-state index contributed by atoms with van der Waals surface area (Å²) in [5.41, 5.74) is 0.629. The van der Waals surface area contributed by atoms with Gasteiger partial charge < -0.3 is 18.9 Å². The first-order valence-corrected chi connectivity index (χ1v) is 9.92. The van der Waals surface area contributed by atoms with Crippen LogP contribution in [0.1, 0.15) is 12.5 Å². The summed E-state index contributed by atoms with van der Waals surface area (Å²) in [5, 5.41) is -0.339. The van der Waals surface area contributed by atoms with E-state index in [1.807, 2.05) is 0 Å². The number of imide groups is 1. The van der Waals surface area contributed by atoms with Crippen molar-refractivity contribution < 1.29 is 33.3 Å². The van der Waals surface area contributed by atoms with Gasteiger partial charge in [0.2, 0.25) is 0 Å². The van der Waals surface area contributed by atoms with Gasteiger partial charge >= 0.3 is 5.97 Å². The molecule has 28 heavy (non-hydrogen) atoms. The van der Waals surface area contributed by atoms with Crippen LogP contribution in [0.3, 0.4) is 0 Å². The summed E-state index contributed by atoms with van der Waals surface area (Å²) >= 11 is 4.24. The van der Waals surface area contributed by atoms with Gasteiger partial charge in [0.05, 0.1) is 36.2 Å². The Morgan fingerprint density at radius 2 is 2.04 bits per heavy atom. The van der Waals surface area contributed by atoms with Crippen molar-refractivity contribution in [3.05, 3.63) is 27.1 Å². The number of rotatable bonds is 9. The largest absolute Gasteiger partial charge is 0.493 e. The van der Waals surface area contributed by atoms with Crippen LogP contribution in [0.4, 0.5) is 4.79 Å². The summed E-state index contributed by atoms with van der Waals surface area (Å²) in [5.74, 6) is -0.167.